The van der Waals surface area contributed by atoms with E-state index < -0.39 is 11.4 Å². The third-order valence-corrected chi connectivity index (χ3v) is 7.03. The molecule has 3 aliphatic rings. The van der Waals surface area contributed by atoms with Crippen molar-refractivity contribution in [2.75, 3.05) is 52.4 Å². The molecule has 2 amide bonds. The van der Waals surface area contributed by atoms with Gasteiger partial charge in [0.2, 0.25) is 0 Å². The summed E-state index contributed by atoms with van der Waals surface area (Å²) in [4.78, 5) is 51.4. The van der Waals surface area contributed by atoms with E-state index in [9.17, 15) is 19.5 Å². The van der Waals surface area contributed by atoms with E-state index in [-0.39, 0.29) is 37.7 Å². The topological polar surface area (TPSA) is 128 Å². The number of nitrogens with zero attached hydrogens (tertiary/aromatic N) is 5. The van der Waals surface area contributed by atoms with Gasteiger partial charge in [-0.2, -0.15) is 0 Å². The number of aromatic nitrogens is 1. The summed E-state index contributed by atoms with van der Waals surface area (Å²) in [6.45, 7) is 8.48. The Morgan fingerprint density at radius 2 is 2.12 bits per heavy atom. The molecule has 0 aromatic carbocycles. The third kappa shape index (κ3) is 4.92. The fourth-order valence-electron chi connectivity index (χ4n) is 4.40. The Hall–Kier alpha value is -2.99. The summed E-state index contributed by atoms with van der Waals surface area (Å²) in [6.07, 6.45) is 1.71. The Balaban J connectivity index is 1.45. The number of hydrogen-bond acceptors (Lipinski definition) is 9. The number of aliphatic carboxylic acids is 1. The van der Waals surface area contributed by atoms with Crippen molar-refractivity contribution in [3.8, 4) is 0 Å². The highest BCUT2D eigenvalue weighted by Crippen LogP contribution is 2.26. The van der Waals surface area contributed by atoms with Crippen LogP contribution in [-0.4, -0.2) is 107 Å². The predicted octanol–water partition coefficient (Wildman–Crippen LogP) is 0.843. The second-order valence-corrected chi connectivity index (χ2v) is 10.1. The van der Waals surface area contributed by atoms with Crippen molar-refractivity contribution in [2.45, 2.75) is 26.8 Å². The van der Waals surface area contributed by atoms with E-state index >= 15 is 0 Å². The van der Waals surface area contributed by atoms with Crippen molar-refractivity contribution in [1.82, 2.24) is 25.0 Å². The largest absolute Gasteiger partial charge is 0.481 e. The molecule has 0 radical (unpaired) electrons. The van der Waals surface area contributed by atoms with Crippen LogP contribution in [0.3, 0.4) is 0 Å². The molecule has 34 heavy (non-hydrogen) atoms. The molecular formula is C22H30N6O5S. The summed E-state index contributed by atoms with van der Waals surface area (Å²) in [5, 5.41) is 15.4. The van der Waals surface area contributed by atoms with Gasteiger partial charge in [0.15, 0.2) is 10.8 Å². The van der Waals surface area contributed by atoms with Gasteiger partial charge in [-0.1, -0.05) is 0 Å². The van der Waals surface area contributed by atoms with Gasteiger partial charge in [-0.15, -0.1) is 11.3 Å². The lowest BCUT2D eigenvalue weighted by atomic mass is 9.93. The molecule has 0 aliphatic carbocycles. The van der Waals surface area contributed by atoms with E-state index in [2.05, 4.69) is 20.2 Å². The monoisotopic (exact) mass is 490 g/mol. The second-order valence-electron chi connectivity index (χ2n) is 9.24. The molecule has 184 valence electrons. The number of rotatable bonds is 8. The maximum atomic E-state index is 12.9. The number of thiazole rings is 1. The van der Waals surface area contributed by atoms with Gasteiger partial charge >= 0.3 is 18.0 Å². The summed E-state index contributed by atoms with van der Waals surface area (Å²) < 4.78 is 5.24. The molecule has 0 bridgehead atoms. The zero-order chi connectivity index (χ0) is 24.5. The highest BCUT2D eigenvalue weighted by Gasteiger charge is 2.43. The molecule has 11 nitrogen and oxygen atoms in total. The molecule has 1 aromatic rings. The number of fused-ring (bicyclic) bond motifs is 1. The Bertz CT molecular complexity index is 1020. The molecule has 12 heteroatoms. The van der Waals surface area contributed by atoms with Gasteiger partial charge in [0, 0.05) is 56.5 Å². The number of aliphatic imine (C=N–C) groups is 1. The molecule has 0 spiro atoms. The number of carbonyl (C=O) groups excluding carboxylic acids is 2. The summed E-state index contributed by atoms with van der Waals surface area (Å²) >= 11 is 1.47. The van der Waals surface area contributed by atoms with Crippen LogP contribution >= 0.6 is 11.3 Å². The molecule has 1 unspecified atom stereocenters. The minimum Gasteiger partial charge on any atom is -0.481 e. The Labute approximate surface area is 202 Å². The number of carboxylic acid groups (broad SMARTS) is 1. The van der Waals surface area contributed by atoms with Crippen LogP contribution in [0.25, 0.3) is 0 Å². The molecule has 2 fully saturated rings. The summed E-state index contributed by atoms with van der Waals surface area (Å²) in [7, 11) is 0. The number of carboxylic acids is 1. The molecule has 0 saturated carbocycles. The van der Waals surface area contributed by atoms with E-state index in [1.165, 1.54) is 11.3 Å². The first kappa shape index (κ1) is 24.1. The maximum Gasteiger partial charge on any atom is 0.337 e. The number of carbonyl (C=O) groups is 3. The van der Waals surface area contributed by atoms with E-state index in [4.69, 9.17) is 4.74 Å². The van der Waals surface area contributed by atoms with Gasteiger partial charge in [0.05, 0.1) is 30.2 Å². The number of esters is 1. The maximum absolute atomic E-state index is 12.9. The molecule has 3 aliphatic heterocycles. The van der Waals surface area contributed by atoms with Crippen LogP contribution < -0.4 is 5.32 Å². The van der Waals surface area contributed by atoms with Crippen molar-refractivity contribution >= 4 is 35.1 Å². The number of ether oxygens (including phenoxy) is 1. The standard InChI is InChI=1S/C22H30N6O5S/c1-4-33-19(29)15-9-24-17(18-23-5-8-34-18)25-16(15)12-26-6-7-28-14(10-26)11-27(21(28)32)13-22(2,3)20(30)31/h5,8,14H,4,6-7,9-13H2,1-3H3,(H,24,25)(H,30,31). The minimum atomic E-state index is -1.01. The van der Waals surface area contributed by atoms with Crippen LogP contribution in [0.5, 0.6) is 0 Å². The summed E-state index contributed by atoms with van der Waals surface area (Å²) in [5.74, 6) is -0.676. The van der Waals surface area contributed by atoms with Crippen LogP contribution in [0.2, 0.25) is 0 Å². The highest BCUT2D eigenvalue weighted by molar-refractivity contribution is 7.11. The van der Waals surface area contributed by atoms with Gasteiger partial charge in [-0.05, 0) is 20.8 Å². The van der Waals surface area contributed by atoms with Crippen LogP contribution in [-0.2, 0) is 14.3 Å². The summed E-state index contributed by atoms with van der Waals surface area (Å²) in [6, 6.07) is -0.146. The third-order valence-electron chi connectivity index (χ3n) is 6.25. The second kappa shape index (κ2) is 9.71. The van der Waals surface area contributed by atoms with Gasteiger partial charge in [-0.25, -0.2) is 14.6 Å². The Kier molecular flexibility index (Phi) is 6.89. The zero-order valence-electron chi connectivity index (χ0n) is 19.6. The van der Waals surface area contributed by atoms with Crippen molar-refractivity contribution in [2.24, 2.45) is 10.4 Å². The number of hydrogen-bond donors (Lipinski definition) is 2. The predicted molar refractivity (Wildman–Crippen MR) is 126 cm³/mol. The van der Waals surface area contributed by atoms with Crippen LogP contribution in [0.1, 0.15) is 25.8 Å². The normalized spacial score (nSPS) is 21.3. The first-order chi connectivity index (χ1) is 16.2. The highest BCUT2D eigenvalue weighted by atomic mass is 32.1. The lowest BCUT2D eigenvalue weighted by Gasteiger charge is -2.37. The average molecular weight is 491 g/mol. The average Bonchev–Trinajstić information content (AvgIpc) is 3.42. The van der Waals surface area contributed by atoms with Gasteiger partial charge in [0.25, 0.3) is 0 Å². The quantitative estimate of drug-likeness (QED) is 0.513. The van der Waals surface area contributed by atoms with Crippen LogP contribution in [0.4, 0.5) is 4.79 Å². The van der Waals surface area contributed by atoms with Crippen LogP contribution in [0.15, 0.2) is 27.8 Å². The number of amides is 2. The van der Waals surface area contributed by atoms with Crippen molar-refractivity contribution in [3.05, 3.63) is 27.9 Å². The summed E-state index contributed by atoms with van der Waals surface area (Å²) in [5.41, 5.74) is 0.221. The SMILES string of the molecule is CCOC(=O)C1=C(CN2CCN3C(=O)N(CC(C)(C)C(=O)O)CC3C2)NC(c2nccs2)=NC1. The van der Waals surface area contributed by atoms with Gasteiger partial charge < -0.3 is 25.0 Å². The minimum absolute atomic E-state index is 0.0341. The smallest absolute Gasteiger partial charge is 0.337 e. The first-order valence-corrected chi connectivity index (χ1v) is 12.2. The van der Waals surface area contributed by atoms with Gasteiger partial charge in [0.1, 0.15) is 0 Å². The zero-order valence-corrected chi connectivity index (χ0v) is 20.4. The fourth-order valence-corrected chi connectivity index (χ4v) is 5.00. The first-order valence-electron chi connectivity index (χ1n) is 11.3. The molecule has 1 atom stereocenters. The van der Waals surface area contributed by atoms with Crippen molar-refractivity contribution in [3.63, 3.8) is 0 Å². The fraction of sp³-hybridized carbons (Fsp3) is 0.591. The molecular weight excluding hydrogens is 460 g/mol. The van der Waals surface area contributed by atoms with E-state index in [1.54, 1.807) is 31.9 Å². The van der Waals surface area contributed by atoms with E-state index in [1.807, 2.05) is 10.3 Å². The number of piperazine rings is 1. The van der Waals surface area contributed by atoms with Crippen molar-refractivity contribution < 1.29 is 24.2 Å². The number of nitrogens with one attached hydrogen (secondary N) is 1. The lowest BCUT2D eigenvalue weighted by Crippen LogP contribution is -2.53. The number of amidine groups is 1. The van der Waals surface area contributed by atoms with Crippen molar-refractivity contribution in [1.29, 1.82) is 0 Å². The number of urea groups is 1. The molecule has 1 aromatic heterocycles. The molecule has 2 N–H and O–H groups in total. The Morgan fingerprint density at radius 3 is 2.79 bits per heavy atom. The van der Waals surface area contributed by atoms with E-state index in [0.29, 0.717) is 44.1 Å². The van der Waals surface area contributed by atoms with Crippen LogP contribution in [0, 0.1) is 5.41 Å². The molecule has 4 heterocycles. The Morgan fingerprint density at radius 1 is 1.32 bits per heavy atom. The van der Waals surface area contributed by atoms with Gasteiger partial charge in [-0.3, -0.25) is 14.7 Å². The van der Waals surface area contributed by atoms with E-state index in [0.717, 1.165) is 10.7 Å². The lowest BCUT2D eigenvalue weighted by molar-refractivity contribution is -0.147. The molecule has 2 saturated heterocycles. The molecule has 4 rings (SSSR count).